The molecule has 1 amide bonds. The van der Waals surface area contributed by atoms with Crippen molar-refractivity contribution in [3.05, 3.63) is 47.5 Å². The number of carbonyl (C=O) groups is 1. The number of ether oxygens (including phenoxy) is 1. The summed E-state index contributed by atoms with van der Waals surface area (Å²) in [4.78, 5) is 16.8. The van der Waals surface area contributed by atoms with E-state index >= 15 is 0 Å². The van der Waals surface area contributed by atoms with E-state index in [1.54, 1.807) is 6.20 Å². The lowest BCUT2D eigenvalue weighted by Crippen LogP contribution is -2.37. The van der Waals surface area contributed by atoms with Crippen molar-refractivity contribution < 1.29 is 9.53 Å². The molecule has 2 aromatic rings. The van der Waals surface area contributed by atoms with E-state index in [4.69, 9.17) is 4.74 Å². The Morgan fingerprint density at radius 2 is 2.33 bits per heavy atom. The predicted molar refractivity (Wildman–Crippen MR) is 90.1 cm³/mol. The number of rotatable bonds is 5. The van der Waals surface area contributed by atoms with Gasteiger partial charge in [-0.05, 0) is 43.9 Å². The molecule has 3 heterocycles. The van der Waals surface area contributed by atoms with Crippen LogP contribution in [0.5, 0.6) is 0 Å². The van der Waals surface area contributed by atoms with E-state index in [0.717, 1.165) is 36.1 Å². The van der Waals surface area contributed by atoms with Gasteiger partial charge in [0.1, 0.15) is 0 Å². The van der Waals surface area contributed by atoms with Gasteiger partial charge in [0.15, 0.2) is 0 Å². The molecule has 1 aliphatic heterocycles. The standard InChI is InChI=1S/C18H24N4O2/c1-3-22-12-15(11-21-22)17-16(5-4-8-24-17)18(23)20-10-14-6-7-19-9-13(14)2/h6-7,9,11-12,16-17H,3-5,8,10H2,1-2H3,(H,20,23)/t16-,17+/m1/s1. The molecule has 0 radical (unpaired) electrons. The lowest BCUT2D eigenvalue weighted by Gasteiger charge is -2.30. The van der Waals surface area contributed by atoms with E-state index in [1.165, 1.54) is 0 Å². The number of aryl methyl sites for hydroxylation is 2. The molecule has 6 heteroatoms. The second-order valence-corrected chi connectivity index (χ2v) is 6.19. The van der Waals surface area contributed by atoms with Crippen LogP contribution in [-0.4, -0.2) is 27.3 Å². The molecule has 3 rings (SSSR count). The summed E-state index contributed by atoms with van der Waals surface area (Å²) >= 11 is 0. The van der Waals surface area contributed by atoms with Gasteiger partial charge in [-0.2, -0.15) is 5.10 Å². The maximum Gasteiger partial charge on any atom is 0.226 e. The average molecular weight is 328 g/mol. The number of carbonyl (C=O) groups excluding carboxylic acids is 1. The van der Waals surface area contributed by atoms with Crippen LogP contribution >= 0.6 is 0 Å². The molecule has 2 atom stereocenters. The normalized spacial score (nSPS) is 20.8. The minimum atomic E-state index is -0.211. The highest BCUT2D eigenvalue weighted by Gasteiger charge is 2.33. The number of nitrogens with zero attached hydrogens (tertiary/aromatic N) is 3. The van der Waals surface area contributed by atoms with Gasteiger partial charge in [-0.15, -0.1) is 0 Å². The maximum atomic E-state index is 12.7. The Morgan fingerprint density at radius 3 is 3.08 bits per heavy atom. The Labute approximate surface area is 142 Å². The van der Waals surface area contributed by atoms with Gasteiger partial charge < -0.3 is 10.1 Å². The quantitative estimate of drug-likeness (QED) is 0.915. The van der Waals surface area contributed by atoms with Gasteiger partial charge in [0.25, 0.3) is 0 Å². The van der Waals surface area contributed by atoms with Gasteiger partial charge in [0.2, 0.25) is 5.91 Å². The summed E-state index contributed by atoms with van der Waals surface area (Å²) < 4.78 is 7.77. The summed E-state index contributed by atoms with van der Waals surface area (Å²) in [6.07, 6.45) is 8.88. The molecular weight excluding hydrogens is 304 g/mol. The van der Waals surface area contributed by atoms with Crippen LogP contribution < -0.4 is 5.32 Å². The van der Waals surface area contributed by atoms with E-state index < -0.39 is 0 Å². The summed E-state index contributed by atoms with van der Waals surface area (Å²) in [6.45, 7) is 6.06. The molecule has 1 saturated heterocycles. The second-order valence-electron chi connectivity index (χ2n) is 6.19. The highest BCUT2D eigenvalue weighted by atomic mass is 16.5. The molecule has 0 spiro atoms. The summed E-state index contributed by atoms with van der Waals surface area (Å²) in [6, 6.07) is 1.94. The first-order valence-corrected chi connectivity index (χ1v) is 8.50. The van der Waals surface area contributed by atoms with Crippen LogP contribution in [0.3, 0.4) is 0 Å². The third-order valence-electron chi connectivity index (χ3n) is 4.55. The van der Waals surface area contributed by atoms with Crippen LogP contribution in [0.2, 0.25) is 0 Å². The summed E-state index contributed by atoms with van der Waals surface area (Å²) in [5.74, 6) is -0.129. The number of pyridine rings is 1. The number of amides is 1. The van der Waals surface area contributed by atoms with Crippen LogP contribution in [0.15, 0.2) is 30.9 Å². The largest absolute Gasteiger partial charge is 0.373 e. The highest BCUT2D eigenvalue weighted by molar-refractivity contribution is 5.79. The highest BCUT2D eigenvalue weighted by Crippen LogP contribution is 2.33. The Morgan fingerprint density at radius 1 is 1.46 bits per heavy atom. The van der Waals surface area contributed by atoms with Crippen molar-refractivity contribution >= 4 is 5.91 Å². The van der Waals surface area contributed by atoms with Crippen LogP contribution in [0.25, 0.3) is 0 Å². The Balaban J connectivity index is 1.68. The Hall–Kier alpha value is -2.21. The SMILES string of the molecule is CCn1cc([C@@H]2OCCC[C@H]2C(=O)NCc2ccncc2C)cn1. The first kappa shape index (κ1) is 16.6. The number of nitrogens with one attached hydrogen (secondary N) is 1. The third-order valence-corrected chi connectivity index (χ3v) is 4.55. The number of hydrogen-bond donors (Lipinski definition) is 1. The molecule has 6 nitrogen and oxygen atoms in total. The van der Waals surface area contributed by atoms with E-state index in [2.05, 4.69) is 15.4 Å². The minimum absolute atomic E-state index is 0.0418. The smallest absolute Gasteiger partial charge is 0.226 e. The van der Waals surface area contributed by atoms with Crippen LogP contribution in [0, 0.1) is 12.8 Å². The first-order chi connectivity index (χ1) is 11.7. The van der Waals surface area contributed by atoms with Gasteiger partial charge >= 0.3 is 0 Å². The van der Waals surface area contributed by atoms with Crippen molar-refractivity contribution in [2.45, 2.75) is 45.9 Å². The van der Waals surface area contributed by atoms with Gasteiger partial charge in [-0.3, -0.25) is 14.5 Å². The predicted octanol–water partition coefficient (Wildman–Crippen LogP) is 2.39. The topological polar surface area (TPSA) is 69.0 Å². The fourth-order valence-corrected chi connectivity index (χ4v) is 3.09. The van der Waals surface area contributed by atoms with E-state index in [0.29, 0.717) is 13.2 Å². The average Bonchev–Trinajstić information content (AvgIpc) is 3.10. The monoisotopic (exact) mass is 328 g/mol. The van der Waals surface area contributed by atoms with Gasteiger partial charge in [0, 0.05) is 43.9 Å². The Kier molecular flexibility index (Phi) is 5.25. The summed E-state index contributed by atoms with van der Waals surface area (Å²) in [7, 11) is 0. The second kappa shape index (κ2) is 7.57. The van der Waals surface area contributed by atoms with Crippen molar-refractivity contribution in [2.24, 2.45) is 5.92 Å². The van der Waals surface area contributed by atoms with Crippen molar-refractivity contribution in [3.63, 3.8) is 0 Å². The molecule has 24 heavy (non-hydrogen) atoms. The zero-order valence-corrected chi connectivity index (χ0v) is 14.2. The molecule has 1 fully saturated rings. The molecule has 2 aromatic heterocycles. The lowest BCUT2D eigenvalue weighted by molar-refractivity contribution is -0.134. The maximum absolute atomic E-state index is 12.7. The van der Waals surface area contributed by atoms with Gasteiger partial charge in [-0.1, -0.05) is 0 Å². The molecule has 0 bridgehead atoms. The molecule has 0 unspecified atom stereocenters. The fourth-order valence-electron chi connectivity index (χ4n) is 3.09. The fraction of sp³-hybridized carbons (Fsp3) is 0.500. The molecule has 0 aliphatic carbocycles. The lowest BCUT2D eigenvalue weighted by atomic mass is 9.90. The Bertz CT molecular complexity index is 698. The van der Waals surface area contributed by atoms with Crippen molar-refractivity contribution in [2.75, 3.05) is 6.61 Å². The first-order valence-electron chi connectivity index (χ1n) is 8.50. The van der Waals surface area contributed by atoms with E-state index in [-0.39, 0.29) is 17.9 Å². The molecule has 128 valence electrons. The molecule has 0 aromatic carbocycles. The zero-order chi connectivity index (χ0) is 16.9. The number of hydrogen-bond acceptors (Lipinski definition) is 4. The molecular formula is C18H24N4O2. The van der Waals surface area contributed by atoms with Crippen molar-refractivity contribution in [1.29, 1.82) is 0 Å². The van der Waals surface area contributed by atoms with Crippen molar-refractivity contribution in [1.82, 2.24) is 20.1 Å². The molecule has 1 aliphatic rings. The summed E-state index contributed by atoms with van der Waals surface area (Å²) in [5.41, 5.74) is 3.15. The van der Waals surface area contributed by atoms with Crippen LogP contribution in [-0.2, 0) is 22.6 Å². The summed E-state index contributed by atoms with van der Waals surface area (Å²) in [5, 5.41) is 7.36. The van der Waals surface area contributed by atoms with E-state index in [9.17, 15) is 4.79 Å². The molecule has 1 N–H and O–H groups in total. The van der Waals surface area contributed by atoms with E-state index in [1.807, 2.05) is 43.2 Å². The minimum Gasteiger partial charge on any atom is -0.373 e. The van der Waals surface area contributed by atoms with Crippen molar-refractivity contribution in [3.8, 4) is 0 Å². The van der Waals surface area contributed by atoms with Gasteiger partial charge in [-0.25, -0.2) is 0 Å². The van der Waals surface area contributed by atoms with Gasteiger partial charge in [0.05, 0.1) is 18.2 Å². The van der Waals surface area contributed by atoms with Crippen LogP contribution in [0.4, 0.5) is 0 Å². The zero-order valence-electron chi connectivity index (χ0n) is 14.2. The number of aromatic nitrogens is 3. The molecule has 0 saturated carbocycles. The van der Waals surface area contributed by atoms with Crippen LogP contribution in [0.1, 0.15) is 42.6 Å². The third kappa shape index (κ3) is 3.64.